The van der Waals surface area contributed by atoms with Crippen LogP contribution in [-0.2, 0) is 0 Å². The van der Waals surface area contributed by atoms with Gasteiger partial charge in [0.15, 0.2) is 0 Å². The Hall–Kier alpha value is -1.22. The van der Waals surface area contributed by atoms with E-state index in [1.165, 1.54) is 12.1 Å². The van der Waals surface area contributed by atoms with E-state index in [4.69, 9.17) is 14.9 Å². The van der Waals surface area contributed by atoms with Gasteiger partial charge in [-0.3, -0.25) is 0 Å². The van der Waals surface area contributed by atoms with Crippen LogP contribution in [0.15, 0.2) is 24.3 Å². The predicted molar refractivity (Wildman–Crippen MR) is 45.3 cm³/mol. The smallest absolute Gasteiger partial charge is 0.119 e. The Bertz CT molecular complexity index is 228. The van der Waals surface area contributed by atoms with Crippen molar-refractivity contribution in [2.45, 2.75) is 13.0 Å². The molecule has 1 rings (SSSR count). The lowest BCUT2D eigenvalue weighted by Gasteiger charge is -2.07. The molecule has 0 aromatic heterocycles. The second-order valence-corrected chi connectivity index (χ2v) is 2.65. The zero-order chi connectivity index (χ0) is 8.97. The molecular formula is C9H12O3. The second kappa shape index (κ2) is 3.97. The molecule has 0 unspecified atom stereocenters. The first-order valence-electron chi connectivity index (χ1n) is 3.78. The molecule has 1 aromatic carbocycles. The minimum absolute atomic E-state index is 0.208. The summed E-state index contributed by atoms with van der Waals surface area (Å²) < 4.78 is 5.16. The van der Waals surface area contributed by atoms with Crippen LogP contribution in [0.2, 0.25) is 0 Å². The van der Waals surface area contributed by atoms with Crippen molar-refractivity contribution in [1.29, 1.82) is 0 Å². The number of phenolic OH excluding ortho intramolecular Hbond substituents is 1. The SMILES string of the molecule is C[C@H](O)COc1ccc(O)cc1. The molecule has 0 heterocycles. The monoisotopic (exact) mass is 168 g/mol. The number of aliphatic hydroxyl groups excluding tert-OH is 1. The van der Waals surface area contributed by atoms with Gasteiger partial charge in [0.1, 0.15) is 18.1 Å². The fourth-order valence-corrected chi connectivity index (χ4v) is 0.759. The number of aromatic hydroxyl groups is 1. The molecule has 3 heteroatoms. The van der Waals surface area contributed by atoms with E-state index in [2.05, 4.69) is 0 Å². The number of ether oxygens (including phenoxy) is 1. The van der Waals surface area contributed by atoms with Crippen LogP contribution in [0.3, 0.4) is 0 Å². The zero-order valence-electron chi connectivity index (χ0n) is 6.90. The molecule has 0 aliphatic rings. The van der Waals surface area contributed by atoms with Gasteiger partial charge in [0.25, 0.3) is 0 Å². The maximum Gasteiger partial charge on any atom is 0.119 e. The molecule has 0 bridgehead atoms. The standard InChI is InChI=1S/C9H12O3/c1-7(10)6-12-9-4-2-8(11)3-5-9/h2-5,7,10-11H,6H2,1H3/t7-/m0/s1. The normalized spacial score (nSPS) is 12.5. The number of aliphatic hydroxyl groups is 1. The molecule has 12 heavy (non-hydrogen) atoms. The Morgan fingerprint density at radius 3 is 2.42 bits per heavy atom. The van der Waals surface area contributed by atoms with Gasteiger partial charge in [-0.1, -0.05) is 0 Å². The number of rotatable bonds is 3. The van der Waals surface area contributed by atoms with E-state index in [1.54, 1.807) is 19.1 Å². The van der Waals surface area contributed by atoms with Crippen molar-refractivity contribution in [3.8, 4) is 11.5 Å². The van der Waals surface area contributed by atoms with Crippen molar-refractivity contribution >= 4 is 0 Å². The minimum Gasteiger partial charge on any atom is -0.508 e. The van der Waals surface area contributed by atoms with Crippen LogP contribution in [0.1, 0.15) is 6.92 Å². The lowest BCUT2D eigenvalue weighted by atomic mass is 10.3. The van der Waals surface area contributed by atoms with E-state index >= 15 is 0 Å². The predicted octanol–water partition coefficient (Wildman–Crippen LogP) is 1.15. The summed E-state index contributed by atoms with van der Waals surface area (Å²) in [7, 11) is 0. The van der Waals surface area contributed by atoms with E-state index in [0.29, 0.717) is 5.75 Å². The number of benzene rings is 1. The molecule has 3 nitrogen and oxygen atoms in total. The fourth-order valence-electron chi connectivity index (χ4n) is 0.759. The van der Waals surface area contributed by atoms with Gasteiger partial charge in [-0.05, 0) is 31.2 Å². The highest BCUT2D eigenvalue weighted by Gasteiger charge is 1.97. The minimum atomic E-state index is -0.473. The van der Waals surface area contributed by atoms with Gasteiger partial charge < -0.3 is 14.9 Å². The topological polar surface area (TPSA) is 49.7 Å². The third-order valence-electron chi connectivity index (χ3n) is 1.33. The second-order valence-electron chi connectivity index (χ2n) is 2.65. The quantitative estimate of drug-likeness (QED) is 0.711. The Kier molecular flexibility index (Phi) is 2.94. The number of phenols is 1. The van der Waals surface area contributed by atoms with Gasteiger partial charge in [0.05, 0.1) is 6.10 Å². The van der Waals surface area contributed by atoms with Crippen LogP contribution in [-0.4, -0.2) is 22.9 Å². The van der Waals surface area contributed by atoms with Crippen LogP contribution in [0, 0.1) is 0 Å². The average Bonchev–Trinajstić information content (AvgIpc) is 2.03. The summed E-state index contributed by atoms with van der Waals surface area (Å²) in [6.07, 6.45) is -0.473. The Morgan fingerprint density at radius 1 is 1.33 bits per heavy atom. The van der Waals surface area contributed by atoms with Crippen molar-refractivity contribution < 1.29 is 14.9 Å². The van der Waals surface area contributed by atoms with Gasteiger partial charge in [-0.2, -0.15) is 0 Å². The summed E-state index contributed by atoms with van der Waals surface area (Å²) in [4.78, 5) is 0. The Balaban J connectivity index is 2.48. The van der Waals surface area contributed by atoms with Crippen molar-refractivity contribution in [1.82, 2.24) is 0 Å². The number of hydrogen-bond acceptors (Lipinski definition) is 3. The van der Waals surface area contributed by atoms with Crippen LogP contribution in [0.4, 0.5) is 0 Å². The molecule has 2 N–H and O–H groups in total. The molecule has 0 saturated carbocycles. The van der Waals surface area contributed by atoms with E-state index in [0.717, 1.165) is 0 Å². The molecule has 66 valence electrons. The maximum atomic E-state index is 8.93. The van der Waals surface area contributed by atoms with Crippen molar-refractivity contribution in [3.05, 3.63) is 24.3 Å². The first-order valence-corrected chi connectivity index (χ1v) is 3.78. The van der Waals surface area contributed by atoms with Crippen molar-refractivity contribution in [2.75, 3.05) is 6.61 Å². The summed E-state index contributed by atoms with van der Waals surface area (Å²) in [6.45, 7) is 1.92. The maximum absolute atomic E-state index is 8.93. The third-order valence-corrected chi connectivity index (χ3v) is 1.33. The lowest BCUT2D eigenvalue weighted by Crippen LogP contribution is -2.12. The summed E-state index contributed by atoms with van der Waals surface area (Å²) in [5, 5.41) is 17.8. The zero-order valence-corrected chi connectivity index (χ0v) is 6.90. The molecule has 0 amide bonds. The van der Waals surface area contributed by atoms with Crippen LogP contribution < -0.4 is 4.74 Å². The number of hydrogen-bond donors (Lipinski definition) is 2. The van der Waals surface area contributed by atoms with Gasteiger partial charge in [0.2, 0.25) is 0 Å². The molecular weight excluding hydrogens is 156 g/mol. The van der Waals surface area contributed by atoms with Gasteiger partial charge in [-0.15, -0.1) is 0 Å². The summed E-state index contributed by atoms with van der Waals surface area (Å²) >= 11 is 0. The molecule has 0 saturated heterocycles. The Morgan fingerprint density at radius 2 is 1.92 bits per heavy atom. The first kappa shape index (κ1) is 8.87. The van der Waals surface area contributed by atoms with E-state index in [9.17, 15) is 0 Å². The summed E-state index contributed by atoms with van der Waals surface area (Å²) in [5.41, 5.74) is 0. The fraction of sp³-hybridized carbons (Fsp3) is 0.333. The Labute approximate surface area is 71.2 Å². The van der Waals surface area contributed by atoms with E-state index in [-0.39, 0.29) is 12.4 Å². The van der Waals surface area contributed by atoms with Crippen molar-refractivity contribution in [2.24, 2.45) is 0 Å². The van der Waals surface area contributed by atoms with Crippen LogP contribution >= 0.6 is 0 Å². The molecule has 0 radical (unpaired) electrons. The lowest BCUT2D eigenvalue weighted by molar-refractivity contribution is 0.122. The summed E-state index contributed by atoms with van der Waals surface area (Å²) in [5.74, 6) is 0.855. The molecule has 0 aliphatic heterocycles. The van der Waals surface area contributed by atoms with Gasteiger partial charge in [-0.25, -0.2) is 0 Å². The third kappa shape index (κ3) is 2.80. The largest absolute Gasteiger partial charge is 0.508 e. The highest BCUT2D eigenvalue weighted by Crippen LogP contribution is 2.15. The molecule has 0 fully saturated rings. The molecule has 0 spiro atoms. The van der Waals surface area contributed by atoms with E-state index < -0.39 is 6.10 Å². The molecule has 1 atom stereocenters. The van der Waals surface area contributed by atoms with Crippen LogP contribution in [0.25, 0.3) is 0 Å². The van der Waals surface area contributed by atoms with Crippen molar-refractivity contribution in [3.63, 3.8) is 0 Å². The highest BCUT2D eigenvalue weighted by atomic mass is 16.5. The van der Waals surface area contributed by atoms with Crippen LogP contribution in [0.5, 0.6) is 11.5 Å². The molecule has 1 aromatic rings. The average molecular weight is 168 g/mol. The highest BCUT2D eigenvalue weighted by molar-refractivity contribution is 5.29. The first-order chi connectivity index (χ1) is 5.68. The van der Waals surface area contributed by atoms with Gasteiger partial charge in [0, 0.05) is 0 Å². The summed E-state index contributed by atoms with van der Waals surface area (Å²) in [6, 6.07) is 6.38. The molecule has 0 aliphatic carbocycles. The van der Waals surface area contributed by atoms with E-state index in [1.807, 2.05) is 0 Å². The van der Waals surface area contributed by atoms with Gasteiger partial charge >= 0.3 is 0 Å².